The van der Waals surface area contributed by atoms with Gasteiger partial charge in [0, 0.05) is 0 Å². The number of esters is 1. The van der Waals surface area contributed by atoms with Crippen molar-refractivity contribution in [2.24, 2.45) is 0 Å². The highest BCUT2D eigenvalue weighted by molar-refractivity contribution is 14.1. The van der Waals surface area contributed by atoms with Gasteiger partial charge in [0.2, 0.25) is 0 Å². The Kier molecular flexibility index (Phi) is 4.49. The molecular weight excluding hydrogens is 207 g/mol. The molecule has 1 radical (unpaired) electrons. The van der Waals surface area contributed by atoms with Crippen LogP contribution in [0.25, 0.3) is 0 Å². The van der Waals surface area contributed by atoms with E-state index >= 15 is 0 Å². The summed E-state index contributed by atoms with van der Waals surface area (Å²) in [6.07, 6.45) is 0. The van der Waals surface area contributed by atoms with Gasteiger partial charge in [-0.3, -0.25) is 4.79 Å². The first-order valence-corrected chi connectivity index (χ1v) is 3.16. The molecule has 0 aromatic carbocycles. The maximum absolute atomic E-state index is 10.1. The molecule has 2 nitrogen and oxygen atoms in total. The number of rotatable bonds is 2. The van der Waals surface area contributed by atoms with Gasteiger partial charge >= 0.3 is 5.97 Å². The highest BCUT2D eigenvalue weighted by atomic mass is 127. The van der Waals surface area contributed by atoms with Crippen LogP contribution in [0.5, 0.6) is 0 Å². The minimum absolute atomic E-state index is 0.261. The number of carbonyl (C=O) groups is 1. The van der Waals surface area contributed by atoms with Crippen LogP contribution < -0.4 is 0 Å². The molecule has 0 aliphatic carbocycles. The van der Waals surface area contributed by atoms with Gasteiger partial charge in [-0.2, -0.15) is 0 Å². The molecule has 3 heteroatoms. The normalized spacial score (nSPS) is 8.29. The Morgan fingerprint density at radius 3 is 2.71 bits per heavy atom. The molecule has 0 bridgehead atoms. The molecule has 0 heterocycles. The van der Waals surface area contributed by atoms with E-state index in [9.17, 15) is 4.79 Å². The molecule has 0 rings (SSSR count). The predicted molar refractivity (Wildman–Crippen MR) is 35.0 cm³/mol. The van der Waals surface area contributed by atoms with Gasteiger partial charge < -0.3 is 4.74 Å². The van der Waals surface area contributed by atoms with Crippen LogP contribution in [-0.4, -0.2) is 12.6 Å². The van der Waals surface area contributed by atoms with Crippen LogP contribution in [-0.2, 0) is 9.53 Å². The lowest BCUT2D eigenvalue weighted by molar-refractivity contribution is -0.137. The van der Waals surface area contributed by atoms with E-state index in [2.05, 4.69) is 4.74 Å². The molecule has 0 amide bonds. The summed E-state index contributed by atoms with van der Waals surface area (Å²) in [4.78, 5) is 10.1. The van der Waals surface area contributed by atoms with E-state index in [1.165, 1.54) is 4.43 Å². The van der Waals surface area contributed by atoms with Gasteiger partial charge in [0.15, 0.2) is 0 Å². The molecular formula is C4H6IO2. The van der Waals surface area contributed by atoms with E-state index in [1.54, 1.807) is 6.92 Å². The number of carbonyl (C=O) groups excluding carboxylic acids is 1. The fourth-order valence-corrected chi connectivity index (χ4v) is 0.354. The van der Waals surface area contributed by atoms with E-state index in [0.29, 0.717) is 6.61 Å². The van der Waals surface area contributed by atoms with Gasteiger partial charge in [0.1, 0.15) is 4.43 Å². The second-order valence-electron chi connectivity index (χ2n) is 0.861. The summed E-state index contributed by atoms with van der Waals surface area (Å²) in [7, 11) is 0. The van der Waals surface area contributed by atoms with Crippen molar-refractivity contribution in [3.05, 3.63) is 4.43 Å². The van der Waals surface area contributed by atoms with Gasteiger partial charge in [-0.05, 0) is 6.92 Å². The Bertz CT molecular complexity index is 62.7. The molecule has 0 atom stereocenters. The Balaban J connectivity index is 3.00. The molecule has 0 aliphatic rings. The molecule has 0 spiro atoms. The van der Waals surface area contributed by atoms with E-state index in [1.807, 2.05) is 22.6 Å². The van der Waals surface area contributed by atoms with Crippen molar-refractivity contribution in [2.75, 3.05) is 6.61 Å². The molecule has 0 aromatic rings. The van der Waals surface area contributed by atoms with Crippen molar-refractivity contribution in [1.82, 2.24) is 0 Å². The van der Waals surface area contributed by atoms with E-state index < -0.39 is 0 Å². The van der Waals surface area contributed by atoms with Gasteiger partial charge in [-0.25, -0.2) is 0 Å². The third-order valence-electron chi connectivity index (χ3n) is 0.376. The summed E-state index contributed by atoms with van der Waals surface area (Å²) >= 11 is 1.84. The fourth-order valence-electron chi connectivity index (χ4n) is 0.174. The summed E-state index contributed by atoms with van der Waals surface area (Å²) in [6.45, 7) is 2.23. The van der Waals surface area contributed by atoms with Crippen LogP contribution in [0, 0.1) is 4.43 Å². The van der Waals surface area contributed by atoms with Crippen molar-refractivity contribution in [3.8, 4) is 0 Å². The first-order valence-electron chi connectivity index (χ1n) is 1.91. The molecule has 41 valence electrons. The van der Waals surface area contributed by atoms with Crippen LogP contribution in [0.1, 0.15) is 6.92 Å². The quantitative estimate of drug-likeness (QED) is 0.507. The summed E-state index contributed by atoms with van der Waals surface area (Å²) in [5.41, 5.74) is 0. The van der Waals surface area contributed by atoms with Crippen molar-refractivity contribution in [1.29, 1.82) is 0 Å². The number of ether oxygens (including phenoxy) is 1. The van der Waals surface area contributed by atoms with Crippen LogP contribution in [0.15, 0.2) is 0 Å². The summed E-state index contributed by atoms with van der Waals surface area (Å²) in [5, 5.41) is 0. The Hall–Kier alpha value is 0.200. The topological polar surface area (TPSA) is 26.3 Å². The van der Waals surface area contributed by atoms with Crippen molar-refractivity contribution in [3.63, 3.8) is 0 Å². The largest absolute Gasteiger partial charge is 0.465 e. The average molecular weight is 213 g/mol. The predicted octanol–water partition coefficient (Wildman–Crippen LogP) is 1.15. The van der Waals surface area contributed by atoms with Gasteiger partial charge in [-0.15, -0.1) is 0 Å². The first kappa shape index (κ1) is 7.20. The molecule has 7 heavy (non-hydrogen) atoms. The summed E-state index contributed by atoms with van der Waals surface area (Å²) < 4.78 is 5.85. The monoisotopic (exact) mass is 213 g/mol. The maximum Gasteiger partial charge on any atom is 0.320 e. The molecule has 0 saturated carbocycles. The number of hydrogen-bond acceptors (Lipinski definition) is 2. The Labute approximate surface area is 56.4 Å². The summed E-state index contributed by atoms with van der Waals surface area (Å²) in [6, 6.07) is 0. The number of hydrogen-bond donors (Lipinski definition) is 0. The van der Waals surface area contributed by atoms with Gasteiger partial charge in [-0.1, -0.05) is 22.6 Å². The van der Waals surface area contributed by atoms with Crippen LogP contribution in [0.2, 0.25) is 0 Å². The number of halogens is 1. The van der Waals surface area contributed by atoms with Crippen LogP contribution in [0.3, 0.4) is 0 Å². The molecule has 0 N–H and O–H groups in total. The van der Waals surface area contributed by atoms with Crippen molar-refractivity contribution < 1.29 is 9.53 Å². The molecule has 0 unspecified atom stereocenters. The maximum atomic E-state index is 10.1. The lowest BCUT2D eigenvalue weighted by Gasteiger charge is -1.92. The average Bonchev–Trinajstić information content (AvgIpc) is 1.68. The zero-order chi connectivity index (χ0) is 5.70. The third kappa shape index (κ3) is 4.04. The summed E-state index contributed by atoms with van der Waals surface area (Å²) in [5.74, 6) is -0.261. The second-order valence-corrected chi connectivity index (χ2v) is 1.48. The minimum atomic E-state index is -0.261. The minimum Gasteiger partial charge on any atom is -0.465 e. The first-order chi connectivity index (χ1) is 3.31. The zero-order valence-corrected chi connectivity index (χ0v) is 6.14. The smallest absolute Gasteiger partial charge is 0.320 e. The standard InChI is InChI=1S/C4H6IO2/c1-2-7-4(6)3-5/h3H,2H2,1H3. The van der Waals surface area contributed by atoms with Gasteiger partial charge in [0.05, 0.1) is 6.61 Å². The SMILES string of the molecule is CCOC(=O)[CH]I. The molecule has 0 saturated heterocycles. The third-order valence-corrected chi connectivity index (χ3v) is 0.884. The Morgan fingerprint density at radius 1 is 2.00 bits per heavy atom. The lowest BCUT2D eigenvalue weighted by atomic mass is 10.8. The highest BCUT2D eigenvalue weighted by Crippen LogP contribution is 1.91. The molecule has 0 aromatic heterocycles. The van der Waals surface area contributed by atoms with Crippen LogP contribution >= 0.6 is 22.6 Å². The fraction of sp³-hybridized carbons (Fsp3) is 0.500. The van der Waals surface area contributed by atoms with Crippen molar-refractivity contribution >= 4 is 28.6 Å². The second kappa shape index (κ2) is 4.36. The Morgan fingerprint density at radius 2 is 2.57 bits per heavy atom. The molecule has 0 aliphatic heterocycles. The lowest BCUT2D eigenvalue weighted by Crippen LogP contribution is -1.99. The van der Waals surface area contributed by atoms with E-state index in [-0.39, 0.29) is 5.97 Å². The zero-order valence-electron chi connectivity index (χ0n) is 3.98. The van der Waals surface area contributed by atoms with Crippen LogP contribution in [0.4, 0.5) is 0 Å². The van der Waals surface area contributed by atoms with Crippen molar-refractivity contribution in [2.45, 2.75) is 6.92 Å². The highest BCUT2D eigenvalue weighted by Gasteiger charge is 1.93. The van der Waals surface area contributed by atoms with E-state index in [4.69, 9.17) is 0 Å². The molecule has 0 fully saturated rings. The van der Waals surface area contributed by atoms with E-state index in [0.717, 1.165) is 0 Å². The van der Waals surface area contributed by atoms with Gasteiger partial charge in [0.25, 0.3) is 0 Å².